The average Bonchev–Trinajstić information content (AvgIpc) is 1.68. The van der Waals surface area contributed by atoms with Crippen molar-refractivity contribution in [2.24, 2.45) is 0 Å². The molecule has 0 aromatic heterocycles. The van der Waals surface area contributed by atoms with Crippen LogP contribution in [0.4, 0.5) is 4.39 Å². The van der Waals surface area contributed by atoms with Gasteiger partial charge in [0.05, 0.1) is 6.67 Å². The van der Waals surface area contributed by atoms with Gasteiger partial charge in [-0.05, 0) is 6.42 Å². The molecular weight excluding hydrogens is 127 g/mol. The molecule has 0 aromatic carbocycles. The molecule has 8 heavy (non-hydrogen) atoms. The smallest absolute Gasteiger partial charge is 0.0943 e. The second-order valence-electron chi connectivity index (χ2n) is 1.50. The van der Waals surface area contributed by atoms with Crippen LogP contribution in [0.1, 0.15) is 19.8 Å². The highest BCUT2D eigenvalue weighted by molar-refractivity contribution is 6.29. The summed E-state index contributed by atoms with van der Waals surface area (Å²) in [5.41, 5.74) is 0. The third-order valence-corrected chi connectivity index (χ3v) is 1.10. The van der Waals surface area contributed by atoms with E-state index < -0.39 is 0 Å². The van der Waals surface area contributed by atoms with Crippen LogP contribution >= 0.6 is 11.6 Å². The van der Waals surface area contributed by atoms with Crippen LogP contribution in [0.3, 0.4) is 0 Å². The fourth-order valence-electron chi connectivity index (χ4n) is 0.414. The lowest BCUT2D eigenvalue weighted by Crippen LogP contribution is -1.74. The Labute approximate surface area is 54.3 Å². The Morgan fingerprint density at radius 1 is 1.75 bits per heavy atom. The fourth-order valence-corrected chi connectivity index (χ4v) is 0.640. The summed E-state index contributed by atoms with van der Waals surface area (Å²) in [6.07, 6.45) is 3.08. The summed E-state index contributed by atoms with van der Waals surface area (Å²) in [5.74, 6) is 0. The van der Waals surface area contributed by atoms with Crippen molar-refractivity contribution in [3.63, 3.8) is 0 Å². The van der Waals surface area contributed by atoms with Gasteiger partial charge in [-0.2, -0.15) is 0 Å². The molecule has 0 unspecified atom stereocenters. The van der Waals surface area contributed by atoms with Crippen molar-refractivity contribution < 1.29 is 4.39 Å². The molecular formula is C6H10ClF. The highest BCUT2D eigenvalue weighted by Crippen LogP contribution is 2.07. The van der Waals surface area contributed by atoms with Gasteiger partial charge in [-0.3, -0.25) is 4.39 Å². The molecule has 0 heterocycles. The summed E-state index contributed by atoms with van der Waals surface area (Å²) in [5, 5.41) is 0.634. The van der Waals surface area contributed by atoms with E-state index in [0.29, 0.717) is 11.5 Å². The van der Waals surface area contributed by atoms with E-state index in [1.54, 1.807) is 0 Å². The monoisotopic (exact) mass is 136 g/mol. The highest BCUT2D eigenvalue weighted by atomic mass is 35.5. The first-order valence-electron chi connectivity index (χ1n) is 2.71. The zero-order chi connectivity index (χ0) is 6.41. The van der Waals surface area contributed by atoms with Gasteiger partial charge in [0.25, 0.3) is 0 Å². The fraction of sp³-hybridized carbons (Fsp3) is 0.667. The minimum Gasteiger partial charge on any atom is -0.251 e. The van der Waals surface area contributed by atoms with Crippen LogP contribution in [-0.2, 0) is 0 Å². The SMILES string of the molecule is CC/C=C(/Cl)CCF. The van der Waals surface area contributed by atoms with Crippen molar-refractivity contribution in [2.75, 3.05) is 6.67 Å². The Balaban J connectivity index is 3.29. The maximum atomic E-state index is 11.4. The van der Waals surface area contributed by atoms with Crippen LogP contribution < -0.4 is 0 Å². The topological polar surface area (TPSA) is 0 Å². The molecule has 48 valence electrons. The van der Waals surface area contributed by atoms with E-state index in [9.17, 15) is 4.39 Å². The second kappa shape index (κ2) is 5.10. The number of halogens is 2. The maximum absolute atomic E-state index is 11.4. The molecule has 0 saturated heterocycles. The first-order chi connectivity index (χ1) is 3.81. The molecule has 0 aliphatic heterocycles. The number of hydrogen-bond donors (Lipinski definition) is 0. The third kappa shape index (κ3) is 4.13. The standard InChI is InChI=1S/C6H10ClF/c1-2-3-6(7)4-5-8/h3H,2,4-5H2,1H3/b6-3+. The molecule has 2 heteroatoms. The lowest BCUT2D eigenvalue weighted by atomic mass is 10.3. The molecule has 0 atom stereocenters. The third-order valence-electron chi connectivity index (χ3n) is 0.759. The van der Waals surface area contributed by atoms with E-state index in [4.69, 9.17) is 11.6 Å². The van der Waals surface area contributed by atoms with Gasteiger partial charge >= 0.3 is 0 Å². The van der Waals surface area contributed by atoms with Crippen molar-refractivity contribution in [3.05, 3.63) is 11.1 Å². The van der Waals surface area contributed by atoms with Crippen molar-refractivity contribution >= 4 is 11.6 Å². The molecule has 0 saturated carbocycles. The largest absolute Gasteiger partial charge is 0.251 e. The molecule has 0 N–H and O–H groups in total. The summed E-state index contributed by atoms with van der Waals surface area (Å²) in [6.45, 7) is 1.62. The molecule has 0 aliphatic rings. The number of alkyl halides is 1. The minimum absolute atomic E-state index is 0.352. The molecule has 0 bridgehead atoms. The van der Waals surface area contributed by atoms with Gasteiger partial charge < -0.3 is 0 Å². The summed E-state index contributed by atoms with van der Waals surface area (Å²) in [6, 6.07) is 0. The Hall–Kier alpha value is -0.0400. The Kier molecular flexibility index (Phi) is 5.08. The van der Waals surface area contributed by atoms with Gasteiger partial charge in [0, 0.05) is 11.5 Å². The molecule has 0 amide bonds. The Bertz CT molecular complexity index is 78.6. The van der Waals surface area contributed by atoms with Gasteiger partial charge in [-0.25, -0.2) is 0 Å². The molecule has 0 radical (unpaired) electrons. The van der Waals surface area contributed by atoms with Crippen LogP contribution in [0, 0.1) is 0 Å². The quantitative estimate of drug-likeness (QED) is 0.560. The summed E-state index contributed by atoms with van der Waals surface area (Å²) in [7, 11) is 0. The number of allylic oxidation sites excluding steroid dienone is 2. The average molecular weight is 137 g/mol. The van der Waals surface area contributed by atoms with E-state index in [1.165, 1.54) is 0 Å². The normalized spacial score (nSPS) is 12.1. The lowest BCUT2D eigenvalue weighted by molar-refractivity contribution is 0.498. The molecule has 0 aliphatic carbocycles. The van der Waals surface area contributed by atoms with Crippen LogP contribution in [0.5, 0.6) is 0 Å². The van der Waals surface area contributed by atoms with E-state index in [1.807, 2.05) is 13.0 Å². The van der Waals surface area contributed by atoms with Crippen molar-refractivity contribution in [3.8, 4) is 0 Å². The van der Waals surface area contributed by atoms with Gasteiger partial charge in [-0.1, -0.05) is 24.6 Å². The molecule has 0 rings (SSSR count). The van der Waals surface area contributed by atoms with Crippen molar-refractivity contribution in [1.82, 2.24) is 0 Å². The van der Waals surface area contributed by atoms with Gasteiger partial charge in [0.1, 0.15) is 0 Å². The minimum atomic E-state index is -0.352. The van der Waals surface area contributed by atoms with Crippen molar-refractivity contribution in [2.45, 2.75) is 19.8 Å². The van der Waals surface area contributed by atoms with Gasteiger partial charge in [0.2, 0.25) is 0 Å². The zero-order valence-electron chi connectivity index (χ0n) is 4.95. The van der Waals surface area contributed by atoms with Gasteiger partial charge in [-0.15, -0.1) is 0 Å². The molecule has 0 nitrogen and oxygen atoms in total. The predicted molar refractivity (Wildman–Crippen MR) is 34.8 cm³/mol. The second-order valence-corrected chi connectivity index (χ2v) is 1.98. The van der Waals surface area contributed by atoms with E-state index in [-0.39, 0.29) is 6.67 Å². The van der Waals surface area contributed by atoms with E-state index in [2.05, 4.69) is 0 Å². The van der Waals surface area contributed by atoms with Crippen LogP contribution in [0.25, 0.3) is 0 Å². The van der Waals surface area contributed by atoms with Crippen LogP contribution in [0.2, 0.25) is 0 Å². The molecule has 0 spiro atoms. The predicted octanol–water partition coefficient (Wildman–Crippen LogP) is 2.88. The Morgan fingerprint density at radius 3 is 2.75 bits per heavy atom. The number of rotatable bonds is 3. The van der Waals surface area contributed by atoms with Crippen LogP contribution in [-0.4, -0.2) is 6.67 Å². The first-order valence-corrected chi connectivity index (χ1v) is 3.09. The molecule has 0 aromatic rings. The first kappa shape index (κ1) is 7.96. The zero-order valence-corrected chi connectivity index (χ0v) is 5.71. The lowest BCUT2D eigenvalue weighted by Gasteiger charge is -1.88. The summed E-state index contributed by atoms with van der Waals surface area (Å²) >= 11 is 5.50. The van der Waals surface area contributed by atoms with Gasteiger partial charge in [0.15, 0.2) is 0 Å². The van der Waals surface area contributed by atoms with E-state index >= 15 is 0 Å². The highest BCUT2D eigenvalue weighted by Gasteiger charge is 1.87. The summed E-state index contributed by atoms with van der Waals surface area (Å²) in [4.78, 5) is 0. The van der Waals surface area contributed by atoms with E-state index in [0.717, 1.165) is 6.42 Å². The van der Waals surface area contributed by atoms with Crippen molar-refractivity contribution in [1.29, 1.82) is 0 Å². The Morgan fingerprint density at radius 2 is 2.38 bits per heavy atom. The summed E-state index contributed by atoms with van der Waals surface area (Å²) < 4.78 is 11.4. The molecule has 0 fully saturated rings. The van der Waals surface area contributed by atoms with Crippen LogP contribution in [0.15, 0.2) is 11.1 Å². The number of hydrogen-bond acceptors (Lipinski definition) is 0. The maximum Gasteiger partial charge on any atom is 0.0943 e.